The third kappa shape index (κ3) is 2.99. The van der Waals surface area contributed by atoms with E-state index in [4.69, 9.17) is 0 Å². The molecule has 1 saturated carbocycles. The highest BCUT2D eigenvalue weighted by Crippen LogP contribution is 2.26. The van der Waals surface area contributed by atoms with Gasteiger partial charge in [-0.15, -0.1) is 0 Å². The summed E-state index contributed by atoms with van der Waals surface area (Å²) in [6.07, 6.45) is 7.80. The van der Waals surface area contributed by atoms with Gasteiger partial charge in [0, 0.05) is 38.1 Å². The lowest BCUT2D eigenvalue weighted by molar-refractivity contribution is 0.142. The molecule has 1 aliphatic heterocycles. The minimum absolute atomic E-state index is 0.172. The van der Waals surface area contributed by atoms with Gasteiger partial charge in [-0.05, 0) is 30.5 Å². The van der Waals surface area contributed by atoms with E-state index in [-0.39, 0.29) is 18.1 Å². The van der Waals surface area contributed by atoms with Gasteiger partial charge in [-0.1, -0.05) is 12.8 Å². The number of pyridine rings is 1. The summed E-state index contributed by atoms with van der Waals surface area (Å²) in [6.45, 7) is 1.53. The summed E-state index contributed by atoms with van der Waals surface area (Å²) in [5, 5.41) is 2.69. The second-order valence-corrected chi connectivity index (χ2v) is 5.59. The molecule has 0 radical (unpaired) electrons. The number of hydrogen-bond acceptors (Lipinski definition) is 3. The van der Waals surface area contributed by atoms with Crippen molar-refractivity contribution in [2.24, 2.45) is 0 Å². The van der Waals surface area contributed by atoms with Crippen LogP contribution < -0.4 is 5.32 Å². The molecular weight excluding hydrogens is 268 g/mol. The van der Waals surface area contributed by atoms with Crippen molar-refractivity contribution in [3.05, 3.63) is 30.1 Å². The molecule has 3 rings (SSSR count). The first kappa shape index (κ1) is 13.9. The normalized spacial score (nSPS) is 18.9. The molecule has 0 aromatic carbocycles. The van der Waals surface area contributed by atoms with Gasteiger partial charge in [0.1, 0.15) is 0 Å². The van der Waals surface area contributed by atoms with E-state index in [0.717, 1.165) is 31.2 Å². The number of nitrogens with one attached hydrogen (secondary N) is 1. The first-order valence-electron chi connectivity index (χ1n) is 7.50. The Labute approximate surface area is 124 Å². The molecule has 4 amide bonds. The molecule has 2 aliphatic rings. The van der Waals surface area contributed by atoms with E-state index in [2.05, 4.69) is 10.3 Å². The monoisotopic (exact) mass is 288 g/mol. The quantitative estimate of drug-likeness (QED) is 0.924. The SMILES string of the molecule is O=C1NCCN1C(=O)N(Cc1ccncc1)C1CCCC1. The van der Waals surface area contributed by atoms with Gasteiger partial charge in [0.25, 0.3) is 0 Å². The smallest absolute Gasteiger partial charge is 0.328 e. The zero-order valence-corrected chi connectivity index (χ0v) is 12.0. The van der Waals surface area contributed by atoms with Crippen molar-refractivity contribution in [3.8, 4) is 0 Å². The van der Waals surface area contributed by atoms with Crippen LogP contribution >= 0.6 is 0 Å². The topological polar surface area (TPSA) is 65.5 Å². The van der Waals surface area contributed by atoms with Crippen LogP contribution in [0.4, 0.5) is 9.59 Å². The number of aromatic nitrogens is 1. The van der Waals surface area contributed by atoms with Gasteiger partial charge in [-0.2, -0.15) is 0 Å². The van der Waals surface area contributed by atoms with Gasteiger partial charge in [-0.25, -0.2) is 14.5 Å². The Balaban J connectivity index is 1.78. The van der Waals surface area contributed by atoms with Crippen LogP contribution in [0.2, 0.25) is 0 Å². The molecule has 1 aromatic heterocycles. The van der Waals surface area contributed by atoms with E-state index < -0.39 is 0 Å². The Morgan fingerprint density at radius 2 is 2.05 bits per heavy atom. The lowest BCUT2D eigenvalue weighted by Gasteiger charge is -2.31. The Morgan fingerprint density at radius 1 is 1.33 bits per heavy atom. The number of nitrogens with zero attached hydrogens (tertiary/aromatic N) is 3. The van der Waals surface area contributed by atoms with Gasteiger partial charge in [0.05, 0.1) is 0 Å². The van der Waals surface area contributed by atoms with Crippen LogP contribution in [0.15, 0.2) is 24.5 Å². The van der Waals surface area contributed by atoms with Crippen LogP contribution in [-0.4, -0.2) is 46.0 Å². The fourth-order valence-corrected chi connectivity index (χ4v) is 3.06. The van der Waals surface area contributed by atoms with Crippen LogP contribution in [0, 0.1) is 0 Å². The number of rotatable bonds is 3. The van der Waals surface area contributed by atoms with Crippen LogP contribution in [0.25, 0.3) is 0 Å². The first-order valence-corrected chi connectivity index (χ1v) is 7.50. The largest absolute Gasteiger partial charge is 0.336 e. The molecule has 1 N–H and O–H groups in total. The zero-order chi connectivity index (χ0) is 14.7. The van der Waals surface area contributed by atoms with Crippen LogP contribution in [0.1, 0.15) is 31.2 Å². The molecule has 112 valence electrons. The summed E-state index contributed by atoms with van der Waals surface area (Å²) in [4.78, 5) is 31.6. The van der Waals surface area contributed by atoms with E-state index >= 15 is 0 Å². The maximum atomic E-state index is 12.7. The second-order valence-electron chi connectivity index (χ2n) is 5.59. The second kappa shape index (κ2) is 6.11. The maximum Gasteiger partial charge on any atom is 0.328 e. The lowest BCUT2D eigenvalue weighted by atomic mass is 10.2. The molecule has 0 bridgehead atoms. The van der Waals surface area contributed by atoms with Gasteiger partial charge in [0.2, 0.25) is 0 Å². The van der Waals surface area contributed by atoms with Crippen molar-refractivity contribution >= 4 is 12.1 Å². The highest BCUT2D eigenvalue weighted by atomic mass is 16.2. The van der Waals surface area contributed by atoms with E-state index in [1.54, 1.807) is 12.4 Å². The average molecular weight is 288 g/mol. The molecule has 0 atom stereocenters. The Kier molecular flexibility index (Phi) is 4.03. The number of hydrogen-bond donors (Lipinski definition) is 1. The summed E-state index contributed by atoms with van der Waals surface area (Å²) < 4.78 is 0. The molecule has 6 nitrogen and oxygen atoms in total. The molecule has 1 saturated heterocycles. The van der Waals surface area contributed by atoms with Crippen LogP contribution in [-0.2, 0) is 6.54 Å². The molecular formula is C15H20N4O2. The zero-order valence-electron chi connectivity index (χ0n) is 12.0. The highest BCUT2D eigenvalue weighted by molar-refractivity contribution is 5.95. The fraction of sp³-hybridized carbons (Fsp3) is 0.533. The van der Waals surface area contributed by atoms with Crippen LogP contribution in [0.5, 0.6) is 0 Å². The predicted molar refractivity (Wildman–Crippen MR) is 77.5 cm³/mol. The number of imide groups is 1. The Bertz CT molecular complexity index is 514. The standard InChI is InChI=1S/C15H20N4O2/c20-14-17-9-10-18(14)15(21)19(13-3-1-2-4-13)11-12-5-7-16-8-6-12/h5-8,13H,1-4,9-11H2,(H,17,20). The number of carbonyl (C=O) groups excluding carboxylic acids is 2. The molecule has 0 spiro atoms. The number of amides is 4. The number of urea groups is 2. The Morgan fingerprint density at radius 3 is 2.67 bits per heavy atom. The highest BCUT2D eigenvalue weighted by Gasteiger charge is 2.34. The fourth-order valence-electron chi connectivity index (χ4n) is 3.06. The predicted octanol–water partition coefficient (Wildman–Crippen LogP) is 1.97. The van der Waals surface area contributed by atoms with Gasteiger partial charge in [-0.3, -0.25) is 4.98 Å². The van der Waals surface area contributed by atoms with Crippen molar-refractivity contribution in [2.45, 2.75) is 38.3 Å². The van der Waals surface area contributed by atoms with Crippen molar-refractivity contribution in [2.75, 3.05) is 13.1 Å². The minimum atomic E-state index is -0.280. The van der Waals surface area contributed by atoms with Crippen molar-refractivity contribution in [1.82, 2.24) is 20.1 Å². The van der Waals surface area contributed by atoms with E-state index in [0.29, 0.717) is 19.6 Å². The van der Waals surface area contributed by atoms with Crippen molar-refractivity contribution in [3.63, 3.8) is 0 Å². The van der Waals surface area contributed by atoms with Crippen molar-refractivity contribution in [1.29, 1.82) is 0 Å². The molecule has 2 fully saturated rings. The van der Waals surface area contributed by atoms with E-state index in [1.807, 2.05) is 17.0 Å². The van der Waals surface area contributed by atoms with E-state index in [1.165, 1.54) is 4.90 Å². The number of carbonyl (C=O) groups is 2. The maximum absolute atomic E-state index is 12.7. The average Bonchev–Trinajstić information content (AvgIpc) is 3.16. The summed E-state index contributed by atoms with van der Waals surface area (Å²) in [6, 6.07) is 3.61. The molecule has 2 heterocycles. The summed E-state index contributed by atoms with van der Waals surface area (Å²) in [5.41, 5.74) is 1.05. The summed E-state index contributed by atoms with van der Waals surface area (Å²) in [5.74, 6) is 0. The molecule has 0 unspecified atom stereocenters. The third-order valence-corrected chi connectivity index (χ3v) is 4.20. The van der Waals surface area contributed by atoms with Crippen molar-refractivity contribution < 1.29 is 9.59 Å². The third-order valence-electron chi connectivity index (χ3n) is 4.20. The first-order chi connectivity index (χ1) is 10.3. The molecule has 1 aliphatic carbocycles. The lowest BCUT2D eigenvalue weighted by Crippen LogP contribution is -2.48. The summed E-state index contributed by atoms with van der Waals surface area (Å²) in [7, 11) is 0. The van der Waals surface area contributed by atoms with Gasteiger partial charge >= 0.3 is 12.1 Å². The molecule has 21 heavy (non-hydrogen) atoms. The van der Waals surface area contributed by atoms with E-state index in [9.17, 15) is 9.59 Å². The van der Waals surface area contributed by atoms with Gasteiger partial charge in [0.15, 0.2) is 0 Å². The molecule has 1 aromatic rings. The summed E-state index contributed by atoms with van der Waals surface area (Å²) >= 11 is 0. The minimum Gasteiger partial charge on any atom is -0.336 e. The van der Waals surface area contributed by atoms with Crippen LogP contribution in [0.3, 0.4) is 0 Å². The van der Waals surface area contributed by atoms with Gasteiger partial charge < -0.3 is 10.2 Å². The Hall–Kier alpha value is -2.11. The molecule has 6 heteroatoms.